The van der Waals surface area contributed by atoms with E-state index in [1.165, 1.54) is 30.8 Å². The minimum atomic E-state index is -1.23. The number of phenols is 1. The molecule has 1 rings (SSSR count). The van der Waals surface area contributed by atoms with E-state index in [4.69, 9.17) is 5.73 Å². The summed E-state index contributed by atoms with van der Waals surface area (Å²) in [5, 5.41) is 26.8. The number of hydrogen-bond donors (Lipinski definition) is 6. The number of benzene rings is 1. The Labute approximate surface area is 204 Å². The maximum absolute atomic E-state index is 13.0. The summed E-state index contributed by atoms with van der Waals surface area (Å²) in [4.78, 5) is 49.8. The molecule has 0 fully saturated rings. The fraction of sp³-hybridized carbons (Fsp3) is 0.565. The van der Waals surface area contributed by atoms with Crippen molar-refractivity contribution >= 4 is 35.5 Å². The van der Waals surface area contributed by atoms with Crippen LogP contribution in [0.5, 0.6) is 5.75 Å². The zero-order valence-corrected chi connectivity index (χ0v) is 20.9. The van der Waals surface area contributed by atoms with Crippen LogP contribution < -0.4 is 21.7 Å². The first-order chi connectivity index (χ1) is 15.9. The number of nitrogens with one attached hydrogen (secondary N) is 3. The van der Waals surface area contributed by atoms with Crippen LogP contribution in [0.1, 0.15) is 39.2 Å². The van der Waals surface area contributed by atoms with E-state index < -0.39 is 47.9 Å². The van der Waals surface area contributed by atoms with Crippen molar-refractivity contribution in [2.45, 2.75) is 64.2 Å². The van der Waals surface area contributed by atoms with E-state index >= 15 is 0 Å². The van der Waals surface area contributed by atoms with Gasteiger partial charge in [-0.15, -0.1) is 0 Å². The number of hydrogen-bond acceptors (Lipinski definition) is 7. The second kappa shape index (κ2) is 14.5. The third kappa shape index (κ3) is 10.4. The monoisotopic (exact) mass is 496 g/mol. The number of phenolic OH excluding ortho intramolecular Hbond substituents is 1. The largest absolute Gasteiger partial charge is 0.508 e. The van der Waals surface area contributed by atoms with Crippen LogP contribution in [0.3, 0.4) is 0 Å². The third-order valence-electron chi connectivity index (χ3n) is 4.99. The quantitative estimate of drug-likeness (QED) is 0.218. The SMILES string of the molecule is CSCCC(NC(=O)C(C)N)C(=O)NC(CC(C)C)C(=O)NC(Cc1ccc(O)cc1)C(=O)O. The van der Waals surface area contributed by atoms with Crippen molar-refractivity contribution < 1.29 is 29.4 Å². The molecule has 1 aromatic rings. The van der Waals surface area contributed by atoms with Gasteiger partial charge in [0, 0.05) is 6.42 Å². The summed E-state index contributed by atoms with van der Waals surface area (Å²) in [6.07, 6.45) is 2.50. The number of nitrogens with two attached hydrogens (primary N) is 1. The highest BCUT2D eigenvalue weighted by atomic mass is 32.2. The number of amides is 3. The first-order valence-electron chi connectivity index (χ1n) is 11.1. The number of thioether (sulfide) groups is 1. The Hall–Kier alpha value is -2.79. The van der Waals surface area contributed by atoms with Gasteiger partial charge in [0.25, 0.3) is 0 Å². The Morgan fingerprint density at radius 1 is 0.912 bits per heavy atom. The Morgan fingerprint density at radius 3 is 1.94 bits per heavy atom. The molecule has 34 heavy (non-hydrogen) atoms. The average molecular weight is 497 g/mol. The van der Waals surface area contributed by atoms with Crippen LogP contribution in [0.2, 0.25) is 0 Å². The summed E-state index contributed by atoms with van der Waals surface area (Å²) >= 11 is 1.51. The van der Waals surface area contributed by atoms with Crippen molar-refractivity contribution in [3.05, 3.63) is 29.8 Å². The van der Waals surface area contributed by atoms with Gasteiger partial charge in [0.2, 0.25) is 17.7 Å². The summed E-state index contributed by atoms with van der Waals surface area (Å²) in [5.74, 6) is -2.19. The second-order valence-electron chi connectivity index (χ2n) is 8.59. The fourth-order valence-electron chi connectivity index (χ4n) is 3.12. The highest BCUT2D eigenvalue weighted by Gasteiger charge is 2.30. The number of carboxylic acids is 1. The topological polar surface area (TPSA) is 171 Å². The minimum absolute atomic E-state index is 0.00446. The smallest absolute Gasteiger partial charge is 0.326 e. The van der Waals surface area contributed by atoms with Crippen LogP contribution in [0.25, 0.3) is 0 Å². The van der Waals surface area contributed by atoms with Gasteiger partial charge in [-0.1, -0.05) is 26.0 Å². The lowest BCUT2D eigenvalue weighted by Gasteiger charge is -2.26. The van der Waals surface area contributed by atoms with Gasteiger partial charge in [-0.05, 0) is 55.4 Å². The molecule has 0 aliphatic carbocycles. The van der Waals surface area contributed by atoms with E-state index in [9.17, 15) is 29.4 Å². The van der Waals surface area contributed by atoms with Gasteiger partial charge in [-0.2, -0.15) is 11.8 Å². The maximum atomic E-state index is 13.0. The molecule has 4 atom stereocenters. The van der Waals surface area contributed by atoms with Crippen molar-refractivity contribution in [3.63, 3.8) is 0 Å². The number of aromatic hydroxyl groups is 1. The van der Waals surface area contributed by atoms with Crippen LogP contribution in [0.4, 0.5) is 0 Å². The predicted molar refractivity (Wildman–Crippen MR) is 131 cm³/mol. The van der Waals surface area contributed by atoms with E-state index in [0.717, 1.165) is 0 Å². The lowest BCUT2D eigenvalue weighted by atomic mass is 10.0. The molecule has 190 valence electrons. The second-order valence-corrected chi connectivity index (χ2v) is 9.58. The van der Waals surface area contributed by atoms with Gasteiger partial charge in [0.05, 0.1) is 6.04 Å². The van der Waals surface area contributed by atoms with E-state index in [1.807, 2.05) is 20.1 Å². The average Bonchev–Trinajstić information content (AvgIpc) is 2.76. The third-order valence-corrected chi connectivity index (χ3v) is 5.63. The van der Waals surface area contributed by atoms with Crippen LogP contribution in [-0.2, 0) is 25.6 Å². The number of carbonyl (C=O) groups is 4. The molecular weight excluding hydrogens is 460 g/mol. The Kier molecular flexibility index (Phi) is 12.4. The predicted octanol–water partition coefficient (Wildman–Crippen LogP) is 0.620. The van der Waals surface area contributed by atoms with Crippen LogP contribution in [0, 0.1) is 5.92 Å². The van der Waals surface area contributed by atoms with Crippen molar-refractivity contribution in [2.24, 2.45) is 11.7 Å². The molecule has 7 N–H and O–H groups in total. The van der Waals surface area contributed by atoms with Crippen molar-refractivity contribution in [2.75, 3.05) is 12.0 Å². The molecular formula is C23H36N4O6S. The van der Waals surface area contributed by atoms with Crippen molar-refractivity contribution in [1.82, 2.24) is 16.0 Å². The minimum Gasteiger partial charge on any atom is -0.508 e. The molecule has 3 amide bonds. The van der Waals surface area contributed by atoms with Gasteiger partial charge in [-0.3, -0.25) is 14.4 Å². The van der Waals surface area contributed by atoms with Crippen LogP contribution >= 0.6 is 11.8 Å². The normalized spacial score (nSPS) is 14.5. The van der Waals surface area contributed by atoms with Crippen LogP contribution in [-0.4, -0.2) is 70.1 Å². The molecule has 4 unspecified atom stereocenters. The van der Waals surface area contributed by atoms with E-state index in [1.54, 1.807) is 12.1 Å². The molecule has 0 aromatic heterocycles. The van der Waals surface area contributed by atoms with Gasteiger partial charge < -0.3 is 31.9 Å². The molecule has 0 bridgehead atoms. The van der Waals surface area contributed by atoms with Gasteiger partial charge >= 0.3 is 5.97 Å². The molecule has 11 heteroatoms. The highest BCUT2D eigenvalue weighted by Crippen LogP contribution is 2.12. The number of carbonyl (C=O) groups excluding carboxylic acids is 3. The molecule has 0 saturated carbocycles. The Bertz CT molecular complexity index is 831. The molecule has 0 aliphatic heterocycles. The molecule has 0 saturated heterocycles. The molecule has 10 nitrogen and oxygen atoms in total. The molecule has 0 spiro atoms. The molecule has 0 aliphatic rings. The molecule has 0 heterocycles. The number of aliphatic carboxylic acids is 1. The fourth-order valence-corrected chi connectivity index (χ4v) is 3.59. The number of carboxylic acid groups (broad SMARTS) is 1. The summed E-state index contributed by atoms with van der Waals surface area (Å²) in [6, 6.07) is 2.12. The Balaban J connectivity index is 2.97. The van der Waals surface area contributed by atoms with E-state index in [2.05, 4.69) is 16.0 Å². The summed E-state index contributed by atoms with van der Waals surface area (Å²) in [5.41, 5.74) is 6.22. The molecule has 1 aromatic carbocycles. The zero-order valence-electron chi connectivity index (χ0n) is 20.0. The lowest BCUT2D eigenvalue weighted by molar-refractivity contribution is -0.142. The number of rotatable bonds is 14. The first kappa shape index (κ1) is 29.2. The first-order valence-corrected chi connectivity index (χ1v) is 12.5. The molecule has 0 radical (unpaired) electrons. The van der Waals surface area contributed by atoms with Gasteiger partial charge in [0.15, 0.2) is 0 Å². The maximum Gasteiger partial charge on any atom is 0.326 e. The zero-order chi connectivity index (χ0) is 25.8. The summed E-state index contributed by atoms with van der Waals surface area (Å²) in [6.45, 7) is 5.26. The van der Waals surface area contributed by atoms with Crippen LogP contribution in [0.15, 0.2) is 24.3 Å². The van der Waals surface area contributed by atoms with Crippen molar-refractivity contribution in [1.29, 1.82) is 0 Å². The van der Waals surface area contributed by atoms with Gasteiger partial charge in [-0.25, -0.2) is 4.79 Å². The summed E-state index contributed by atoms with van der Waals surface area (Å²) < 4.78 is 0. The van der Waals surface area contributed by atoms with Gasteiger partial charge in [0.1, 0.15) is 23.9 Å². The highest BCUT2D eigenvalue weighted by molar-refractivity contribution is 7.98. The summed E-state index contributed by atoms with van der Waals surface area (Å²) in [7, 11) is 0. The lowest BCUT2D eigenvalue weighted by Crippen LogP contribution is -2.57. The van der Waals surface area contributed by atoms with Crippen molar-refractivity contribution in [3.8, 4) is 5.75 Å². The standard InChI is InChI=1S/C23H36N4O6S/c1-13(2)11-18(26-21(30)17(9-10-34-4)25-20(29)14(3)24)22(31)27-19(23(32)33)12-15-5-7-16(28)8-6-15/h5-8,13-14,17-19,28H,9-12,24H2,1-4H3,(H,25,29)(H,26,30)(H,27,31)(H,32,33). The van der Waals surface area contributed by atoms with E-state index in [-0.39, 0.29) is 24.5 Å². The van der Waals surface area contributed by atoms with E-state index in [0.29, 0.717) is 17.7 Å². The Morgan fingerprint density at radius 2 is 1.44 bits per heavy atom.